The molecule has 0 radical (unpaired) electrons. The van der Waals surface area contributed by atoms with E-state index >= 15 is 0 Å². The number of carboxylic acid groups (broad SMARTS) is 1. The summed E-state index contributed by atoms with van der Waals surface area (Å²) in [6, 6.07) is 1.66. The van der Waals surface area contributed by atoms with E-state index in [1.54, 1.807) is 17.5 Å². The Balaban J connectivity index is 2.69. The van der Waals surface area contributed by atoms with Crippen molar-refractivity contribution in [2.75, 3.05) is 6.61 Å². The molecule has 4 heteroatoms. The van der Waals surface area contributed by atoms with Crippen molar-refractivity contribution < 1.29 is 14.6 Å². The summed E-state index contributed by atoms with van der Waals surface area (Å²) < 4.78 is 5.44. The van der Waals surface area contributed by atoms with Gasteiger partial charge in [-0.2, -0.15) is 0 Å². The number of ether oxygens (including phenoxy) is 1. The molecule has 0 saturated carbocycles. The Morgan fingerprint density at radius 2 is 2.41 bits per heavy atom. The number of allylic oxidation sites excluding steroid dienone is 3. The minimum Gasteiger partial charge on any atom is -0.487 e. The molecule has 17 heavy (non-hydrogen) atoms. The second-order valence-electron chi connectivity index (χ2n) is 3.18. The molecule has 0 atom stereocenters. The highest BCUT2D eigenvalue weighted by Gasteiger charge is 2.12. The Bertz CT molecular complexity index is 455. The lowest BCUT2D eigenvalue weighted by Gasteiger charge is -2.05. The first-order valence-electron chi connectivity index (χ1n) is 5.07. The number of hydrogen-bond donors (Lipinski definition) is 1. The molecule has 0 aliphatic carbocycles. The fourth-order valence-electron chi connectivity index (χ4n) is 1.12. The molecule has 0 fully saturated rings. The lowest BCUT2D eigenvalue weighted by molar-refractivity contribution is 0.0698. The Kier molecular flexibility index (Phi) is 5.23. The SMILES string of the molecule is C=C/C(=C\C=C/C)COc1ccsc1C(=O)O. The Hall–Kier alpha value is -1.81. The topological polar surface area (TPSA) is 46.5 Å². The predicted octanol–water partition coefficient (Wildman–Crippen LogP) is 3.51. The first kappa shape index (κ1) is 13.3. The maximum Gasteiger partial charge on any atom is 0.349 e. The molecule has 0 unspecified atom stereocenters. The molecule has 1 aromatic rings. The van der Waals surface area contributed by atoms with Gasteiger partial charge in [0.2, 0.25) is 0 Å². The van der Waals surface area contributed by atoms with Gasteiger partial charge in [0.05, 0.1) is 0 Å². The van der Waals surface area contributed by atoms with Crippen LogP contribution in [0.4, 0.5) is 0 Å². The lowest BCUT2D eigenvalue weighted by atomic mass is 10.2. The van der Waals surface area contributed by atoms with Crippen LogP contribution in [0.15, 0.2) is 47.9 Å². The smallest absolute Gasteiger partial charge is 0.349 e. The molecular formula is C13H14O3S. The van der Waals surface area contributed by atoms with Gasteiger partial charge < -0.3 is 9.84 Å². The number of hydrogen-bond acceptors (Lipinski definition) is 3. The Morgan fingerprint density at radius 1 is 1.65 bits per heavy atom. The van der Waals surface area contributed by atoms with Gasteiger partial charge in [-0.15, -0.1) is 11.3 Å². The van der Waals surface area contributed by atoms with Crippen LogP contribution in [0.2, 0.25) is 0 Å². The third-order valence-corrected chi connectivity index (χ3v) is 2.87. The van der Waals surface area contributed by atoms with Crippen LogP contribution < -0.4 is 4.74 Å². The summed E-state index contributed by atoms with van der Waals surface area (Å²) in [6.07, 6.45) is 7.34. The number of carboxylic acids is 1. The van der Waals surface area contributed by atoms with Crippen LogP contribution in [-0.4, -0.2) is 17.7 Å². The highest BCUT2D eigenvalue weighted by Crippen LogP contribution is 2.25. The number of carbonyl (C=O) groups is 1. The van der Waals surface area contributed by atoms with E-state index < -0.39 is 5.97 Å². The molecule has 1 rings (SSSR count). The summed E-state index contributed by atoms with van der Waals surface area (Å²) >= 11 is 1.15. The van der Waals surface area contributed by atoms with Crippen molar-refractivity contribution in [3.05, 3.63) is 52.8 Å². The van der Waals surface area contributed by atoms with E-state index in [4.69, 9.17) is 9.84 Å². The summed E-state index contributed by atoms with van der Waals surface area (Å²) in [5.74, 6) is -0.566. The first-order chi connectivity index (χ1) is 8.19. The highest BCUT2D eigenvalue weighted by atomic mass is 32.1. The maximum absolute atomic E-state index is 10.9. The summed E-state index contributed by atoms with van der Waals surface area (Å²) in [6.45, 7) is 5.90. The molecule has 0 spiro atoms. The minimum absolute atomic E-state index is 0.222. The van der Waals surface area contributed by atoms with Gasteiger partial charge in [-0.1, -0.05) is 30.9 Å². The van der Waals surface area contributed by atoms with Gasteiger partial charge in [-0.05, 0) is 23.9 Å². The lowest BCUT2D eigenvalue weighted by Crippen LogP contribution is -2.02. The Morgan fingerprint density at radius 3 is 3.00 bits per heavy atom. The molecule has 1 aromatic heterocycles. The molecule has 0 aromatic carbocycles. The average molecular weight is 250 g/mol. The van der Waals surface area contributed by atoms with Gasteiger partial charge in [-0.3, -0.25) is 0 Å². The molecule has 90 valence electrons. The molecule has 0 bridgehead atoms. The van der Waals surface area contributed by atoms with Crippen molar-refractivity contribution in [3.8, 4) is 5.75 Å². The molecule has 0 saturated heterocycles. The van der Waals surface area contributed by atoms with Gasteiger partial charge in [0.15, 0.2) is 4.88 Å². The monoisotopic (exact) mass is 250 g/mol. The van der Waals surface area contributed by atoms with Gasteiger partial charge in [0.25, 0.3) is 0 Å². The van der Waals surface area contributed by atoms with Crippen molar-refractivity contribution >= 4 is 17.3 Å². The van der Waals surface area contributed by atoms with Crippen molar-refractivity contribution in [2.45, 2.75) is 6.92 Å². The van der Waals surface area contributed by atoms with E-state index in [0.717, 1.165) is 16.9 Å². The number of thiophene rings is 1. The van der Waals surface area contributed by atoms with E-state index in [1.165, 1.54) is 0 Å². The van der Waals surface area contributed by atoms with E-state index in [0.29, 0.717) is 12.4 Å². The normalized spacial score (nSPS) is 11.7. The van der Waals surface area contributed by atoms with Crippen LogP contribution in [0.25, 0.3) is 0 Å². The van der Waals surface area contributed by atoms with E-state index in [9.17, 15) is 4.79 Å². The van der Waals surface area contributed by atoms with E-state index in [2.05, 4.69) is 6.58 Å². The van der Waals surface area contributed by atoms with E-state index in [-0.39, 0.29) is 4.88 Å². The maximum atomic E-state index is 10.9. The quantitative estimate of drug-likeness (QED) is 0.786. The number of aromatic carboxylic acids is 1. The van der Waals surface area contributed by atoms with E-state index in [1.807, 2.05) is 25.2 Å². The predicted molar refractivity (Wildman–Crippen MR) is 69.9 cm³/mol. The standard InChI is InChI=1S/C13H14O3S/c1-3-5-6-10(4-2)9-16-11-7-8-17-12(11)13(14)15/h3-8H,2,9H2,1H3,(H,14,15)/b5-3-,10-6+. The average Bonchev–Trinajstić information content (AvgIpc) is 2.78. The zero-order valence-electron chi connectivity index (χ0n) is 9.55. The third-order valence-electron chi connectivity index (χ3n) is 1.98. The molecule has 3 nitrogen and oxygen atoms in total. The van der Waals surface area contributed by atoms with Crippen LogP contribution in [0.1, 0.15) is 16.6 Å². The van der Waals surface area contributed by atoms with Gasteiger partial charge in [-0.25, -0.2) is 4.79 Å². The summed E-state index contributed by atoms with van der Waals surface area (Å²) in [5.41, 5.74) is 0.894. The molecule has 1 heterocycles. The fourth-order valence-corrected chi connectivity index (χ4v) is 1.79. The zero-order valence-corrected chi connectivity index (χ0v) is 10.4. The van der Waals surface area contributed by atoms with Crippen LogP contribution in [0, 0.1) is 0 Å². The first-order valence-corrected chi connectivity index (χ1v) is 5.95. The van der Waals surface area contributed by atoms with Crippen LogP contribution in [0.3, 0.4) is 0 Å². The zero-order chi connectivity index (χ0) is 12.7. The highest BCUT2D eigenvalue weighted by molar-refractivity contribution is 7.12. The van der Waals surface area contributed by atoms with Gasteiger partial charge in [0.1, 0.15) is 12.4 Å². The second-order valence-corrected chi connectivity index (χ2v) is 4.10. The molecular weight excluding hydrogens is 236 g/mol. The second kappa shape index (κ2) is 6.70. The van der Waals surface area contributed by atoms with Gasteiger partial charge in [0, 0.05) is 0 Å². The summed E-state index contributed by atoms with van der Waals surface area (Å²) in [5, 5.41) is 10.6. The fraction of sp³-hybridized carbons (Fsp3) is 0.154. The van der Waals surface area contributed by atoms with Crippen LogP contribution >= 0.6 is 11.3 Å². The molecule has 0 aliphatic heterocycles. The van der Waals surface area contributed by atoms with Crippen molar-refractivity contribution in [3.63, 3.8) is 0 Å². The van der Waals surface area contributed by atoms with Crippen LogP contribution in [0.5, 0.6) is 5.75 Å². The largest absolute Gasteiger partial charge is 0.487 e. The van der Waals surface area contributed by atoms with Crippen molar-refractivity contribution in [1.82, 2.24) is 0 Å². The number of rotatable bonds is 6. The minimum atomic E-state index is -0.965. The summed E-state index contributed by atoms with van der Waals surface area (Å²) in [7, 11) is 0. The Labute approximate surface area is 104 Å². The third kappa shape index (κ3) is 3.92. The molecule has 0 aliphatic rings. The van der Waals surface area contributed by atoms with Crippen LogP contribution in [-0.2, 0) is 0 Å². The van der Waals surface area contributed by atoms with Crippen molar-refractivity contribution in [1.29, 1.82) is 0 Å². The van der Waals surface area contributed by atoms with Gasteiger partial charge >= 0.3 is 5.97 Å². The summed E-state index contributed by atoms with van der Waals surface area (Å²) in [4.78, 5) is 11.1. The molecule has 1 N–H and O–H groups in total. The molecule has 0 amide bonds. The van der Waals surface area contributed by atoms with Crippen molar-refractivity contribution in [2.24, 2.45) is 0 Å².